The molecular formula is C15H23NO. The van der Waals surface area contributed by atoms with Gasteiger partial charge in [-0.05, 0) is 56.0 Å². The van der Waals surface area contributed by atoms with Gasteiger partial charge in [0.2, 0.25) is 0 Å². The van der Waals surface area contributed by atoms with Crippen LogP contribution >= 0.6 is 0 Å². The zero-order valence-corrected chi connectivity index (χ0v) is 11.1. The van der Waals surface area contributed by atoms with Crippen LogP contribution in [0, 0.1) is 0 Å². The third-order valence-corrected chi connectivity index (χ3v) is 3.44. The highest BCUT2D eigenvalue weighted by atomic mass is 16.5. The zero-order valence-electron chi connectivity index (χ0n) is 11.1. The van der Waals surface area contributed by atoms with E-state index in [-0.39, 0.29) is 5.41 Å². The average molecular weight is 233 g/mol. The van der Waals surface area contributed by atoms with Crippen molar-refractivity contribution < 1.29 is 4.74 Å². The van der Waals surface area contributed by atoms with E-state index >= 15 is 0 Å². The Morgan fingerprint density at radius 3 is 2.76 bits per heavy atom. The molecule has 0 bridgehead atoms. The SMILES string of the molecule is CNCCC(C)(C)c1cccc(OC2CC2)c1. The monoisotopic (exact) mass is 233 g/mol. The minimum absolute atomic E-state index is 0.200. The van der Waals surface area contributed by atoms with Crippen molar-refractivity contribution in [2.24, 2.45) is 0 Å². The quantitative estimate of drug-likeness (QED) is 0.815. The highest BCUT2D eigenvalue weighted by Gasteiger charge is 2.25. The van der Waals surface area contributed by atoms with Crippen LogP contribution in [0.3, 0.4) is 0 Å². The van der Waals surface area contributed by atoms with E-state index in [2.05, 4.69) is 43.4 Å². The van der Waals surface area contributed by atoms with Crippen LogP contribution in [0.15, 0.2) is 24.3 Å². The first-order valence-corrected chi connectivity index (χ1v) is 6.53. The molecule has 1 fully saturated rings. The summed E-state index contributed by atoms with van der Waals surface area (Å²) in [5.41, 5.74) is 1.57. The van der Waals surface area contributed by atoms with Gasteiger partial charge in [0.15, 0.2) is 0 Å². The molecule has 1 saturated carbocycles. The number of rotatable bonds is 6. The zero-order chi connectivity index (χ0) is 12.3. The van der Waals surface area contributed by atoms with E-state index in [1.807, 2.05) is 7.05 Å². The van der Waals surface area contributed by atoms with Crippen LogP contribution in [-0.4, -0.2) is 19.7 Å². The second-order valence-electron chi connectivity index (χ2n) is 5.58. The molecule has 0 aliphatic heterocycles. The van der Waals surface area contributed by atoms with Crippen LogP contribution in [-0.2, 0) is 5.41 Å². The van der Waals surface area contributed by atoms with E-state index < -0.39 is 0 Å². The normalized spacial score (nSPS) is 15.9. The molecule has 1 aliphatic carbocycles. The summed E-state index contributed by atoms with van der Waals surface area (Å²) in [6.45, 7) is 5.63. The third-order valence-electron chi connectivity index (χ3n) is 3.44. The number of benzene rings is 1. The highest BCUT2D eigenvalue weighted by Crippen LogP contribution is 2.32. The molecule has 0 atom stereocenters. The van der Waals surface area contributed by atoms with E-state index in [1.165, 1.54) is 18.4 Å². The molecule has 1 aromatic rings. The van der Waals surface area contributed by atoms with Crippen LogP contribution in [0.5, 0.6) is 5.75 Å². The van der Waals surface area contributed by atoms with Crippen molar-refractivity contribution in [3.8, 4) is 5.75 Å². The summed E-state index contributed by atoms with van der Waals surface area (Å²) in [6, 6.07) is 8.58. The lowest BCUT2D eigenvalue weighted by atomic mass is 9.81. The first kappa shape index (κ1) is 12.4. The summed E-state index contributed by atoms with van der Waals surface area (Å²) in [4.78, 5) is 0. The molecule has 1 N–H and O–H groups in total. The molecule has 0 spiro atoms. The Morgan fingerprint density at radius 1 is 1.35 bits per heavy atom. The fourth-order valence-corrected chi connectivity index (χ4v) is 1.95. The number of nitrogens with one attached hydrogen (secondary N) is 1. The first-order valence-electron chi connectivity index (χ1n) is 6.53. The van der Waals surface area contributed by atoms with Crippen molar-refractivity contribution in [1.29, 1.82) is 0 Å². The van der Waals surface area contributed by atoms with Crippen molar-refractivity contribution in [2.45, 2.75) is 44.6 Å². The molecule has 2 rings (SSSR count). The molecule has 2 nitrogen and oxygen atoms in total. The van der Waals surface area contributed by atoms with Gasteiger partial charge in [0.25, 0.3) is 0 Å². The Kier molecular flexibility index (Phi) is 3.72. The molecule has 94 valence electrons. The molecule has 17 heavy (non-hydrogen) atoms. The summed E-state index contributed by atoms with van der Waals surface area (Å²) in [5.74, 6) is 1.03. The van der Waals surface area contributed by atoms with Crippen LogP contribution in [0.4, 0.5) is 0 Å². The molecule has 0 unspecified atom stereocenters. The number of ether oxygens (including phenoxy) is 1. The largest absolute Gasteiger partial charge is 0.490 e. The van der Waals surface area contributed by atoms with Gasteiger partial charge < -0.3 is 10.1 Å². The summed E-state index contributed by atoms with van der Waals surface area (Å²) in [5, 5.41) is 3.22. The lowest BCUT2D eigenvalue weighted by Crippen LogP contribution is -2.23. The van der Waals surface area contributed by atoms with Gasteiger partial charge in [0.05, 0.1) is 6.10 Å². The van der Waals surface area contributed by atoms with Crippen molar-refractivity contribution in [2.75, 3.05) is 13.6 Å². The Balaban J connectivity index is 2.07. The van der Waals surface area contributed by atoms with E-state index in [1.54, 1.807) is 0 Å². The second kappa shape index (κ2) is 5.09. The van der Waals surface area contributed by atoms with Crippen LogP contribution in [0.25, 0.3) is 0 Å². The summed E-state index contributed by atoms with van der Waals surface area (Å²) < 4.78 is 5.85. The Bertz CT molecular complexity index is 369. The molecule has 1 aromatic carbocycles. The van der Waals surface area contributed by atoms with Crippen LogP contribution in [0.2, 0.25) is 0 Å². The molecule has 0 amide bonds. The summed E-state index contributed by atoms with van der Waals surface area (Å²) in [7, 11) is 2.00. The Morgan fingerprint density at radius 2 is 2.12 bits per heavy atom. The maximum Gasteiger partial charge on any atom is 0.120 e. The van der Waals surface area contributed by atoms with Gasteiger partial charge in [0.1, 0.15) is 5.75 Å². The second-order valence-corrected chi connectivity index (χ2v) is 5.58. The smallest absolute Gasteiger partial charge is 0.120 e. The molecule has 0 aromatic heterocycles. The van der Waals surface area contributed by atoms with Gasteiger partial charge in [0, 0.05) is 0 Å². The minimum Gasteiger partial charge on any atom is -0.490 e. The number of hydrogen-bond donors (Lipinski definition) is 1. The third kappa shape index (κ3) is 3.47. The fourth-order valence-electron chi connectivity index (χ4n) is 1.95. The lowest BCUT2D eigenvalue weighted by Gasteiger charge is -2.25. The standard InChI is InChI=1S/C15H23NO/c1-15(2,9-10-16-3)12-5-4-6-14(11-12)17-13-7-8-13/h4-6,11,13,16H,7-10H2,1-3H3. The molecule has 0 heterocycles. The maximum absolute atomic E-state index is 5.85. The molecule has 1 aliphatic rings. The molecular weight excluding hydrogens is 210 g/mol. The van der Waals surface area contributed by atoms with E-state index in [4.69, 9.17) is 4.74 Å². The predicted molar refractivity (Wildman–Crippen MR) is 71.7 cm³/mol. The predicted octanol–water partition coefficient (Wildman–Crippen LogP) is 3.11. The van der Waals surface area contributed by atoms with E-state index in [0.717, 1.165) is 18.7 Å². The molecule has 0 radical (unpaired) electrons. The van der Waals surface area contributed by atoms with Gasteiger partial charge in [-0.25, -0.2) is 0 Å². The van der Waals surface area contributed by atoms with Crippen LogP contribution < -0.4 is 10.1 Å². The van der Waals surface area contributed by atoms with Gasteiger partial charge in [-0.15, -0.1) is 0 Å². The van der Waals surface area contributed by atoms with Gasteiger partial charge in [-0.3, -0.25) is 0 Å². The summed E-state index contributed by atoms with van der Waals surface area (Å²) >= 11 is 0. The van der Waals surface area contributed by atoms with Crippen molar-refractivity contribution >= 4 is 0 Å². The topological polar surface area (TPSA) is 21.3 Å². The average Bonchev–Trinajstić information content (AvgIpc) is 3.11. The van der Waals surface area contributed by atoms with Crippen molar-refractivity contribution in [3.63, 3.8) is 0 Å². The van der Waals surface area contributed by atoms with E-state index in [0.29, 0.717) is 6.10 Å². The van der Waals surface area contributed by atoms with Crippen molar-refractivity contribution in [1.82, 2.24) is 5.32 Å². The van der Waals surface area contributed by atoms with E-state index in [9.17, 15) is 0 Å². The van der Waals surface area contributed by atoms with Gasteiger partial charge in [-0.2, -0.15) is 0 Å². The summed E-state index contributed by atoms with van der Waals surface area (Å²) in [6.07, 6.45) is 4.04. The van der Waals surface area contributed by atoms with Crippen molar-refractivity contribution in [3.05, 3.63) is 29.8 Å². The molecule has 0 saturated heterocycles. The highest BCUT2D eigenvalue weighted by molar-refractivity contribution is 5.33. The Hall–Kier alpha value is -1.02. The number of hydrogen-bond acceptors (Lipinski definition) is 2. The molecule has 2 heteroatoms. The van der Waals surface area contributed by atoms with Gasteiger partial charge in [-0.1, -0.05) is 26.0 Å². The maximum atomic E-state index is 5.85. The van der Waals surface area contributed by atoms with Gasteiger partial charge >= 0.3 is 0 Å². The first-order chi connectivity index (χ1) is 8.12. The minimum atomic E-state index is 0.200. The Labute approximate surface area is 104 Å². The fraction of sp³-hybridized carbons (Fsp3) is 0.600. The van der Waals surface area contributed by atoms with Crippen LogP contribution in [0.1, 0.15) is 38.7 Å². The lowest BCUT2D eigenvalue weighted by molar-refractivity contribution is 0.302.